The first-order chi connectivity index (χ1) is 10.2. The van der Waals surface area contributed by atoms with Crippen molar-refractivity contribution < 1.29 is 14.7 Å². The number of hydrogen-bond donors (Lipinski definition) is 1. The number of anilines is 1. The number of thiophene rings is 1. The van der Waals surface area contributed by atoms with Crippen molar-refractivity contribution in [3.05, 3.63) is 45.9 Å². The highest BCUT2D eigenvalue weighted by atomic mass is 32.1. The van der Waals surface area contributed by atoms with Crippen LogP contribution in [0.4, 0.5) is 5.69 Å². The third kappa shape index (κ3) is 2.67. The minimum Gasteiger partial charge on any atom is -0.478 e. The molecule has 21 heavy (non-hydrogen) atoms. The summed E-state index contributed by atoms with van der Waals surface area (Å²) >= 11 is 1.67. The number of aryl methyl sites for hydroxylation is 1. The summed E-state index contributed by atoms with van der Waals surface area (Å²) in [5.41, 5.74) is 1.32. The lowest BCUT2D eigenvalue weighted by atomic mass is 10.2. The summed E-state index contributed by atoms with van der Waals surface area (Å²) in [5.74, 6) is -1.22. The highest BCUT2D eigenvalue weighted by molar-refractivity contribution is 7.10. The first kappa shape index (κ1) is 13.8. The fraction of sp³-hybridized carbons (Fsp3) is 0.267. The molecule has 0 aromatic carbocycles. The average Bonchev–Trinajstić information content (AvgIpc) is 2.86. The van der Waals surface area contributed by atoms with Crippen molar-refractivity contribution in [1.29, 1.82) is 0 Å². The van der Waals surface area contributed by atoms with Crippen LogP contribution >= 0.6 is 11.3 Å². The molecule has 1 aliphatic heterocycles. The Morgan fingerprint density at radius 1 is 1.24 bits per heavy atom. The molecular weight excluding hydrogens is 288 g/mol. The second kappa shape index (κ2) is 5.65. The van der Waals surface area contributed by atoms with Gasteiger partial charge in [-0.2, -0.15) is 0 Å². The smallest absolute Gasteiger partial charge is 0.337 e. The number of hydrogen-bond acceptors (Lipinski definition) is 4. The number of fused-ring (bicyclic) bond motifs is 1. The van der Waals surface area contributed by atoms with Crippen molar-refractivity contribution in [2.24, 2.45) is 0 Å². The minimum absolute atomic E-state index is 0.0821. The Labute approximate surface area is 125 Å². The molecule has 3 rings (SSSR count). The van der Waals surface area contributed by atoms with Gasteiger partial charge >= 0.3 is 5.97 Å². The van der Waals surface area contributed by atoms with Gasteiger partial charge in [0.25, 0.3) is 5.91 Å². The van der Waals surface area contributed by atoms with E-state index in [0.717, 1.165) is 24.9 Å². The fourth-order valence-corrected chi connectivity index (χ4v) is 3.36. The molecule has 1 amide bonds. The molecule has 1 N–H and O–H groups in total. The van der Waals surface area contributed by atoms with Crippen LogP contribution in [0.5, 0.6) is 0 Å². The zero-order valence-corrected chi connectivity index (χ0v) is 12.1. The molecule has 0 unspecified atom stereocenters. The SMILES string of the molecule is O=C(O)c1ccc(C(=O)N2CCCCc3sccc32)nc1. The van der Waals surface area contributed by atoms with Gasteiger partial charge in [0, 0.05) is 17.6 Å². The van der Waals surface area contributed by atoms with E-state index in [1.54, 1.807) is 16.2 Å². The van der Waals surface area contributed by atoms with Gasteiger partial charge in [-0.25, -0.2) is 4.79 Å². The molecule has 2 aromatic heterocycles. The molecule has 0 saturated carbocycles. The van der Waals surface area contributed by atoms with Crippen LogP contribution in [-0.2, 0) is 6.42 Å². The lowest BCUT2D eigenvalue weighted by Gasteiger charge is -2.20. The van der Waals surface area contributed by atoms with E-state index in [4.69, 9.17) is 5.11 Å². The maximum absolute atomic E-state index is 12.6. The fourth-order valence-electron chi connectivity index (χ4n) is 2.43. The maximum Gasteiger partial charge on any atom is 0.337 e. The number of carboxylic acids is 1. The first-order valence-corrected chi connectivity index (χ1v) is 7.62. The zero-order chi connectivity index (χ0) is 14.8. The number of rotatable bonds is 2. The molecule has 2 aromatic rings. The topological polar surface area (TPSA) is 70.5 Å². The number of aromatic carboxylic acids is 1. The summed E-state index contributed by atoms with van der Waals surface area (Å²) < 4.78 is 0. The Kier molecular flexibility index (Phi) is 3.70. The summed E-state index contributed by atoms with van der Waals surface area (Å²) in [7, 11) is 0. The number of aromatic nitrogens is 1. The van der Waals surface area contributed by atoms with Gasteiger partial charge < -0.3 is 10.0 Å². The van der Waals surface area contributed by atoms with Gasteiger partial charge in [-0.15, -0.1) is 11.3 Å². The molecule has 5 nitrogen and oxygen atoms in total. The molecule has 3 heterocycles. The van der Waals surface area contributed by atoms with E-state index >= 15 is 0 Å². The number of carboxylic acid groups (broad SMARTS) is 1. The van der Waals surface area contributed by atoms with Crippen LogP contribution < -0.4 is 4.90 Å². The average molecular weight is 302 g/mol. The maximum atomic E-state index is 12.6. The van der Waals surface area contributed by atoms with E-state index in [2.05, 4.69) is 4.98 Å². The lowest BCUT2D eigenvalue weighted by molar-refractivity contribution is 0.0695. The second-order valence-electron chi connectivity index (χ2n) is 4.88. The molecule has 0 aliphatic carbocycles. The van der Waals surface area contributed by atoms with E-state index < -0.39 is 5.97 Å². The normalized spacial score (nSPS) is 14.4. The van der Waals surface area contributed by atoms with Gasteiger partial charge in [-0.05, 0) is 42.8 Å². The molecule has 108 valence electrons. The van der Waals surface area contributed by atoms with Crippen LogP contribution in [0.2, 0.25) is 0 Å². The van der Waals surface area contributed by atoms with Crippen LogP contribution in [0, 0.1) is 0 Å². The Morgan fingerprint density at radius 3 is 2.81 bits per heavy atom. The number of carbonyl (C=O) groups is 2. The van der Waals surface area contributed by atoms with Gasteiger partial charge in [-0.1, -0.05) is 0 Å². The second-order valence-corrected chi connectivity index (χ2v) is 5.88. The van der Waals surface area contributed by atoms with Crippen molar-refractivity contribution in [1.82, 2.24) is 4.98 Å². The molecule has 0 fully saturated rings. The lowest BCUT2D eigenvalue weighted by Crippen LogP contribution is -2.32. The molecule has 1 aliphatic rings. The molecule has 0 bridgehead atoms. The third-order valence-corrected chi connectivity index (χ3v) is 4.49. The predicted octanol–water partition coefficient (Wildman–Crippen LogP) is 2.82. The van der Waals surface area contributed by atoms with Gasteiger partial charge in [0.2, 0.25) is 0 Å². The van der Waals surface area contributed by atoms with E-state index in [0.29, 0.717) is 6.54 Å². The summed E-state index contributed by atoms with van der Waals surface area (Å²) in [6, 6.07) is 4.85. The van der Waals surface area contributed by atoms with Crippen molar-refractivity contribution in [2.45, 2.75) is 19.3 Å². The summed E-state index contributed by atoms with van der Waals surface area (Å²) in [5, 5.41) is 10.9. The number of nitrogens with zero attached hydrogens (tertiary/aromatic N) is 2. The van der Waals surface area contributed by atoms with Gasteiger partial charge in [0.05, 0.1) is 11.3 Å². The first-order valence-electron chi connectivity index (χ1n) is 6.74. The van der Waals surface area contributed by atoms with E-state index in [1.165, 1.54) is 23.2 Å². The van der Waals surface area contributed by atoms with Crippen molar-refractivity contribution in [3.8, 4) is 0 Å². The molecule has 0 atom stereocenters. The number of amides is 1. The highest BCUT2D eigenvalue weighted by Crippen LogP contribution is 2.31. The monoisotopic (exact) mass is 302 g/mol. The highest BCUT2D eigenvalue weighted by Gasteiger charge is 2.24. The van der Waals surface area contributed by atoms with E-state index in [9.17, 15) is 9.59 Å². The number of carbonyl (C=O) groups excluding carboxylic acids is 1. The zero-order valence-electron chi connectivity index (χ0n) is 11.3. The van der Waals surface area contributed by atoms with Crippen LogP contribution in [0.3, 0.4) is 0 Å². The van der Waals surface area contributed by atoms with Crippen molar-refractivity contribution in [3.63, 3.8) is 0 Å². The summed E-state index contributed by atoms with van der Waals surface area (Å²) in [4.78, 5) is 30.4. The molecule has 0 spiro atoms. The largest absolute Gasteiger partial charge is 0.478 e. The Hall–Kier alpha value is -2.21. The summed E-state index contributed by atoms with van der Waals surface area (Å²) in [6.07, 6.45) is 4.26. The summed E-state index contributed by atoms with van der Waals surface area (Å²) in [6.45, 7) is 0.672. The Morgan fingerprint density at radius 2 is 2.10 bits per heavy atom. The van der Waals surface area contributed by atoms with Crippen LogP contribution in [-0.4, -0.2) is 28.5 Å². The third-order valence-electron chi connectivity index (χ3n) is 3.52. The minimum atomic E-state index is -1.05. The van der Waals surface area contributed by atoms with Crippen molar-refractivity contribution in [2.75, 3.05) is 11.4 Å². The van der Waals surface area contributed by atoms with Crippen LogP contribution in [0.15, 0.2) is 29.8 Å². The predicted molar refractivity (Wildman–Crippen MR) is 80.1 cm³/mol. The van der Waals surface area contributed by atoms with Crippen LogP contribution in [0.1, 0.15) is 38.6 Å². The van der Waals surface area contributed by atoms with E-state index in [-0.39, 0.29) is 17.2 Å². The van der Waals surface area contributed by atoms with Gasteiger partial charge in [0.15, 0.2) is 0 Å². The molecular formula is C15H14N2O3S. The van der Waals surface area contributed by atoms with E-state index in [1.807, 2.05) is 11.4 Å². The quantitative estimate of drug-likeness (QED) is 0.926. The van der Waals surface area contributed by atoms with Crippen molar-refractivity contribution >= 4 is 28.9 Å². The van der Waals surface area contributed by atoms with Gasteiger partial charge in [0.1, 0.15) is 5.69 Å². The number of pyridine rings is 1. The van der Waals surface area contributed by atoms with Crippen LogP contribution in [0.25, 0.3) is 0 Å². The molecule has 0 saturated heterocycles. The molecule has 6 heteroatoms. The Balaban J connectivity index is 1.90. The Bertz CT molecular complexity index is 678. The van der Waals surface area contributed by atoms with Gasteiger partial charge in [-0.3, -0.25) is 9.78 Å². The molecule has 0 radical (unpaired) electrons. The standard InChI is InChI=1S/C15H14N2O3S/c18-14(11-5-4-10(9-16-11)15(19)20)17-7-2-1-3-13-12(17)6-8-21-13/h4-6,8-9H,1-3,7H2,(H,19,20).